The molecule has 2 aromatic carbocycles. The zero-order valence-corrected chi connectivity index (χ0v) is 20.6. The lowest BCUT2D eigenvalue weighted by Gasteiger charge is -2.31. The zero-order chi connectivity index (χ0) is 28.7. The number of nitrogens with zero attached hydrogens (tertiary/aromatic N) is 1. The molecule has 1 heterocycles. The van der Waals surface area contributed by atoms with Crippen LogP contribution in [0.3, 0.4) is 0 Å². The quantitative estimate of drug-likeness (QED) is 0.242. The molecule has 0 spiro atoms. The summed E-state index contributed by atoms with van der Waals surface area (Å²) in [7, 11) is 0. The number of nitrogens with two attached hydrogens (primary N) is 1. The van der Waals surface area contributed by atoms with Crippen molar-refractivity contribution < 1.29 is 39.9 Å². The van der Waals surface area contributed by atoms with Gasteiger partial charge in [0.05, 0.1) is 22.2 Å². The maximum absolute atomic E-state index is 15.5. The molecule has 39 heavy (non-hydrogen) atoms. The van der Waals surface area contributed by atoms with Crippen molar-refractivity contribution in [2.75, 3.05) is 11.1 Å². The van der Waals surface area contributed by atoms with E-state index in [0.717, 1.165) is 30.5 Å². The van der Waals surface area contributed by atoms with E-state index < -0.39 is 58.7 Å². The number of hydrogen-bond acceptors (Lipinski definition) is 3. The Morgan fingerprint density at radius 3 is 2.23 bits per heavy atom. The molecule has 1 fully saturated rings. The Hall–Kier alpha value is -3.41. The Morgan fingerprint density at radius 1 is 0.949 bits per heavy atom. The average Bonchev–Trinajstić information content (AvgIpc) is 2.85. The first-order valence-corrected chi connectivity index (χ1v) is 12.0. The number of rotatable bonds is 4. The number of carbonyl (C=O) groups excluding carboxylic acids is 1. The summed E-state index contributed by atoms with van der Waals surface area (Å²) >= 11 is 6.26. The van der Waals surface area contributed by atoms with Gasteiger partial charge in [-0.3, -0.25) is 9.78 Å². The highest BCUT2D eigenvalue weighted by Crippen LogP contribution is 2.46. The van der Waals surface area contributed by atoms with Gasteiger partial charge in [0, 0.05) is 17.4 Å². The van der Waals surface area contributed by atoms with Crippen LogP contribution in [0.25, 0.3) is 11.1 Å². The summed E-state index contributed by atoms with van der Waals surface area (Å²) in [5, 5.41) is 1.83. The molecule has 0 bridgehead atoms. The Morgan fingerprint density at radius 2 is 1.62 bits per heavy atom. The summed E-state index contributed by atoms with van der Waals surface area (Å²) in [6.45, 7) is 0. The van der Waals surface area contributed by atoms with E-state index in [1.807, 2.05) is 0 Å². The first-order chi connectivity index (χ1) is 18.2. The summed E-state index contributed by atoms with van der Waals surface area (Å²) in [5.41, 5.74) is 3.29. The second-order valence-corrected chi connectivity index (χ2v) is 9.62. The number of halogens is 9. The molecule has 13 heteroatoms. The number of pyridine rings is 1. The number of nitrogens with one attached hydrogen (secondary N) is 1. The first-order valence-electron chi connectivity index (χ1n) is 11.7. The van der Waals surface area contributed by atoms with Crippen molar-refractivity contribution in [2.45, 2.75) is 44.0 Å². The predicted molar refractivity (Wildman–Crippen MR) is 129 cm³/mol. The fourth-order valence-electron chi connectivity index (χ4n) is 4.78. The molecular weight excluding hydrogens is 558 g/mol. The van der Waals surface area contributed by atoms with Crippen LogP contribution in [-0.2, 0) is 6.18 Å². The summed E-state index contributed by atoms with van der Waals surface area (Å²) in [6, 6.07) is 6.15. The molecule has 4 nitrogen and oxygen atoms in total. The van der Waals surface area contributed by atoms with E-state index in [1.54, 1.807) is 0 Å². The maximum Gasteiger partial charge on any atom is 0.433 e. The molecule has 208 valence electrons. The van der Waals surface area contributed by atoms with Crippen LogP contribution in [0.1, 0.15) is 53.2 Å². The molecule has 1 aromatic heterocycles. The van der Waals surface area contributed by atoms with Gasteiger partial charge in [-0.15, -0.1) is 0 Å². The van der Waals surface area contributed by atoms with Crippen molar-refractivity contribution in [1.82, 2.24) is 4.98 Å². The highest BCUT2D eigenvalue weighted by Gasteiger charge is 2.42. The van der Waals surface area contributed by atoms with Crippen LogP contribution in [0.15, 0.2) is 42.6 Å². The molecule has 3 N–H and O–H groups in total. The van der Waals surface area contributed by atoms with Crippen molar-refractivity contribution in [2.24, 2.45) is 5.92 Å². The minimum atomic E-state index is -4.77. The van der Waals surface area contributed by atoms with Crippen molar-refractivity contribution in [3.63, 3.8) is 0 Å². The summed E-state index contributed by atoms with van der Waals surface area (Å²) < 4.78 is 108. The van der Waals surface area contributed by atoms with Crippen LogP contribution in [0.2, 0.25) is 5.02 Å². The Kier molecular flexibility index (Phi) is 7.79. The lowest BCUT2D eigenvalue weighted by Crippen LogP contribution is -2.27. The topological polar surface area (TPSA) is 68.0 Å². The zero-order valence-electron chi connectivity index (χ0n) is 19.9. The van der Waals surface area contributed by atoms with Gasteiger partial charge in [-0.2, -0.15) is 26.3 Å². The van der Waals surface area contributed by atoms with Gasteiger partial charge in [-0.25, -0.2) is 8.78 Å². The van der Waals surface area contributed by atoms with Crippen LogP contribution in [-0.4, -0.2) is 17.1 Å². The van der Waals surface area contributed by atoms with Gasteiger partial charge in [0.1, 0.15) is 11.5 Å². The Labute approximate surface area is 222 Å². The van der Waals surface area contributed by atoms with E-state index in [4.69, 9.17) is 17.3 Å². The van der Waals surface area contributed by atoms with Gasteiger partial charge in [0.2, 0.25) is 0 Å². The van der Waals surface area contributed by atoms with Crippen LogP contribution < -0.4 is 11.1 Å². The molecule has 1 saturated carbocycles. The molecule has 4 rings (SSSR count). The Balaban J connectivity index is 1.67. The van der Waals surface area contributed by atoms with Crippen molar-refractivity contribution >= 4 is 28.9 Å². The molecule has 0 unspecified atom stereocenters. The smallest absolute Gasteiger partial charge is 0.396 e. The average molecular weight is 578 g/mol. The monoisotopic (exact) mass is 577 g/mol. The number of hydrogen-bond donors (Lipinski definition) is 2. The number of amides is 1. The van der Waals surface area contributed by atoms with E-state index in [0.29, 0.717) is 6.07 Å². The maximum atomic E-state index is 15.5. The second kappa shape index (κ2) is 10.6. The number of benzene rings is 2. The predicted octanol–water partition coefficient (Wildman–Crippen LogP) is 8.37. The molecule has 3 aromatic rings. The van der Waals surface area contributed by atoms with E-state index in [1.165, 1.54) is 6.07 Å². The minimum Gasteiger partial charge on any atom is -0.396 e. The van der Waals surface area contributed by atoms with Crippen molar-refractivity contribution in [3.05, 3.63) is 76.1 Å². The van der Waals surface area contributed by atoms with Crippen LogP contribution in [0.4, 0.5) is 46.5 Å². The van der Waals surface area contributed by atoms with Crippen LogP contribution >= 0.6 is 11.6 Å². The van der Waals surface area contributed by atoms with E-state index in [2.05, 4.69) is 10.3 Å². The van der Waals surface area contributed by atoms with Gasteiger partial charge >= 0.3 is 12.4 Å². The summed E-state index contributed by atoms with van der Waals surface area (Å²) in [5.74, 6) is -4.83. The van der Waals surface area contributed by atoms with Crippen molar-refractivity contribution in [3.8, 4) is 11.1 Å². The molecule has 0 radical (unpaired) electrons. The van der Waals surface area contributed by atoms with E-state index in [9.17, 15) is 35.5 Å². The largest absolute Gasteiger partial charge is 0.433 e. The normalized spacial score (nSPS) is 18.2. The number of aromatic nitrogens is 1. The highest BCUT2D eigenvalue weighted by molar-refractivity contribution is 6.35. The summed E-state index contributed by atoms with van der Waals surface area (Å²) in [6.07, 6.45) is -8.44. The standard InChI is InChI=1S/C26H20ClF8N3O/c27-19-11-18(16-6-5-14(28)9-17(16)12-1-3-13(4-2-12)25(30,31)32)22(29)23(36)21(19)24(39)38-15-7-8-37-20(10-15)26(33,34)35/h5-13H,1-4,36H2,(H,37,38,39). The highest BCUT2D eigenvalue weighted by atomic mass is 35.5. The lowest BCUT2D eigenvalue weighted by atomic mass is 9.76. The van der Waals surface area contributed by atoms with Crippen molar-refractivity contribution in [1.29, 1.82) is 0 Å². The van der Waals surface area contributed by atoms with Gasteiger partial charge in [-0.1, -0.05) is 17.7 Å². The second-order valence-electron chi connectivity index (χ2n) is 9.21. The number of anilines is 2. The lowest BCUT2D eigenvalue weighted by molar-refractivity contribution is -0.182. The van der Waals surface area contributed by atoms with Crippen LogP contribution in [0.5, 0.6) is 0 Å². The number of alkyl halides is 6. The van der Waals surface area contributed by atoms with Gasteiger partial charge in [0.15, 0.2) is 5.82 Å². The molecule has 1 amide bonds. The Bertz CT molecular complexity index is 1400. The van der Waals surface area contributed by atoms with E-state index in [-0.39, 0.29) is 53.1 Å². The van der Waals surface area contributed by atoms with Gasteiger partial charge in [0.25, 0.3) is 5.91 Å². The van der Waals surface area contributed by atoms with E-state index >= 15 is 4.39 Å². The molecule has 0 aliphatic heterocycles. The summed E-state index contributed by atoms with van der Waals surface area (Å²) in [4.78, 5) is 16.0. The fraction of sp³-hybridized carbons (Fsp3) is 0.308. The number of nitrogen functional groups attached to an aromatic ring is 1. The van der Waals surface area contributed by atoms with Gasteiger partial charge < -0.3 is 11.1 Å². The SMILES string of the molecule is Nc1c(F)c(-c2ccc(F)cc2C2CCC(C(F)(F)F)CC2)cc(Cl)c1C(=O)Nc1ccnc(C(F)(F)F)c1. The minimum absolute atomic E-state index is 0.0950. The fourth-order valence-corrected chi connectivity index (χ4v) is 5.07. The molecule has 1 aliphatic rings. The first kappa shape index (κ1) is 28.6. The van der Waals surface area contributed by atoms with Crippen LogP contribution in [0, 0.1) is 17.6 Å². The third-order valence-corrected chi connectivity index (χ3v) is 7.02. The molecule has 1 aliphatic carbocycles. The molecule has 0 atom stereocenters. The third kappa shape index (κ3) is 6.10. The number of carbonyl (C=O) groups is 1. The molecular formula is C26H20ClF8N3O. The molecule has 0 saturated heterocycles. The van der Waals surface area contributed by atoms with Gasteiger partial charge in [-0.05, 0) is 73.1 Å². The third-order valence-electron chi connectivity index (χ3n) is 6.72.